The van der Waals surface area contributed by atoms with Crippen LogP contribution in [0.15, 0.2) is 30.3 Å². The van der Waals surface area contributed by atoms with Crippen LogP contribution in [-0.2, 0) is 4.74 Å². The van der Waals surface area contributed by atoms with Crippen LogP contribution in [0.5, 0.6) is 0 Å². The third kappa shape index (κ3) is 4.93. The van der Waals surface area contributed by atoms with Gasteiger partial charge < -0.3 is 30.1 Å². The van der Waals surface area contributed by atoms with Gasteiger partial charge in [0.1, 0.15) is 12.2 Å². The summed E-state index contributed by atoms with van der Waals surface area (Å²) in [6.45, 7) is 6.49. The average molecular weight is 405 g/mol. The molecule has 0 radical (unpaired) electrons. The average Bonchev–Trinajstić information content (AvgIpc) is 3.09. The van der Waals surface area contributed by atoms with E-state index in [9.17, 15) is 10.2 Å². The molecular formula is C22H36N4O3. The number of piperidine rings is 1. The SMILES string of the molecule is CN1CCC(NC[C@H]2O[C@@H](CO)[C@@H](O)[C@H]2N2CCN(c3ccccc3)CC2)CC1. The summed E-state index contributed by atoms with van der Waals surface area (Å²) in [5.41, 5.74) is 1.25. The molecule has 162 valence electrons. The van der Waals surface area contributed by atoms with E-state index in [-0.39, 0.29) is 18.8 Å². The molecule has 1 aromatic carbocycles. The molecule has 3 saturated heterocycles. The maximum Gasteiger partial charge on any atom is 0.109 e. The van der Waals surface area contributed by atoms with E-state index in [1.54, 1.807) is 0 Å². The number of aliphatic hydroxyl groups is 2. The number of piperazine rings is 1. The van der Waals surface area contributed by atoms with Gasteiger partial charge in [-0.2, -0.15) is 0 Å². The van der Waals surface area contributed by atoms with Gasteiger partial charge in [0.05, 0.1) is 18.8 Å². The molecule has 29 heavy (non-hydrogen) atoms. The molecule has 0 saturated carbocycles. The van der Waals surface area contributed by atoms with Gasteiger partial charge in [0.25, 0.3) is 0 Å². The molecule has 7 nitrogen and oxygen atoms in total. The molecule has 7 heteroatoms. The lowest BCUT2D eigenvalue weighted by Gasteiger charge is -2.41. The highest BCUT2D eigenvalue weighted by Crippen LogP contribution is 2.28. The summed E-state index contributed by atoms with van der Waals surface area (Å²) >= 11 is 0. The zero-order valence-corrected chi connectivity index (χ0v) is 17.5. The van der Waals surface area contributed by atoms with Gasteiger partial charge >= 0.3 is 0 Å². The molecule has 0 aromatic heterocycles. The van der Waals surface area contributed by atoms with E-state index < -0.39 is 12.2 Å². The van der Waals surface area contributed by atoms with Gasteiger partial charge in [-0.25, -0.2) is 0 Å². The zero-order valence-electron chi connectivity index (χ0n) is 17.5. The lowest BCUT2D eigenvalue weighted by molar-refractivity contribution is -0.0222. The van der Waals surface area contributed by atoms with Crippen molar-refractivity contribution in [3.63, 3.8) is 0 Å². The van der Waals surface area contributed by atoms with E-state index in [0.717, 1.165) is 58.7 Å². The van der Waals surface area contributed by atoms with Gasteiger partial charge in [-0.3, -0.25) is 4.90 Å². The predicted octanol–water partition coefficient (Wildman–Crippen LogP) is -0.0184. The number of anilines is 1. The van der Waals surface area contributed by atoms with Crippen molar-refractivity contribution >= 4 is 5.69 Å². The van der Waals surface area contributed by atoms with Crippen LogP contribution in [0.3, 0.4) is 0 Å². The van der Waals surface area contributed by atoms with Crippen LogP contribution in [0.25, 0.3) is 0 Å². The summed E-state index contributed by atoms with van der Waals surface area (Å²) in [5, 5.41) is 24.2. The summed E-state index contributed by atoms with van der Waals surface area (Å²) in [6.07, 6.45) is 1.07. The fourth-order valence-corrected chi connectivity index (χ4v) is 5.01. The predicted molar refractivity (Wildman–Crippen MR) is 114 cm³/mol. The normalized spacial score (nSPS) is 32.7. The number of aliphatic hydroxyl groups excluding tert-OH is 2. The quantitative estimate of drug-likeness (QED) is 0.616. The second kappa shape index (κ2) is 9.73. The molecule has 4 rings (SSSR count). The van der Waals surface area contributed by atoms with Crippen LogP contribution in [0.2, 0.25) is 0 Å². The molecule has 3 aliphatic heterocycles. The van der Waals surface area contributed by atoms with Crippen LogP contribution in [0.4, 0.5) is 5.69 Å². The molecule has 3 fully saturated rings. The Hall–Kier alpha value is -1.22. The summed E-state index contributed by atoms with van der Waals surface area (Å²) < 4.78 is 6.08. The number of para-hydroxylation sites is 1. The maximum atomic E-state index is 10.9. The molecule has 0 amide bonds. The number of nitrogens with zero attached hydrogens (tertiary/aromatic N) is 3. The van der Waals surface area contributed by atoms with Gasteiger partial charge in [0, 0.05) is 44.5 Å². The van der Waals surface area contributed by atoms with E-state index in [1.807, 2.05) is 6.07 Å². The summed E-state index contributed by atoms with van der Waals surface area (Å²) in [5.74, 6) is 0. The summed E-state index contributed by atoms with van der Waals surface area (Å²) in [6, 6.07) is 10.9. The number of ether oxygens (including phenoxy) is 1. The van der Waals surface area contributed by atoms with E-state index in [2.05, 4.69) is 51.3 Å². The minimum absolute atomic E-state index is 0.0659. The lowest BCUT2D eigenvalue weighted by atomic mass is 10.00. The van der Waals surface area contributed by atoms with Gasteiger partial charge in [0.2, 0.25) is 0 Å². The zero-order chi connectivity index (χ0) is 20.2. The Labute approximate surface area is 174 Å². The van der Waals surface area contributed by atoms with Crippen molar-refractivity contribution in [2.45, 2.75) is 43.2 Å². The summed E-state index contributed by atoms with van der Waals surface area (Å²) in [4.78, 5) is 7.12. The van der Waals surface area contributed by atoms with Crippen molar-refractivity contribution in [2.75, 3.05) is 64.4 Å². The van der Waals surface area contributed by atoms with E-state index in [0.29, 0.717) is 6.04 Å². The number of hydrogen-bond acceptors (Lipinski definition) is 7. The van der Waals surface area contributed by atoms with Crippen molar-refractivity contribution in [1.29, 1.82) is 0 Å². The highest BCUT2D eigenvalue weighted by Gasteiger charge is 2.46. The Bertz CT molecular complexity index is 618. The number of likely N-dealkylation sites (tertiary alicyclic amines) is 1. The van der Waals surface area contributed by atoms with Crippen LogP contribution in [0.1, 0.15) is 12.8 Å². The van der Waals surface area contributed by atoms with Crippen molar-refractivity contribution in [2.24, 2.45) is 0 Å². The Kier molecular flexibility index (Phi) is 7.05. The third-order valence-corrected chi connectivity index (χ3v) is 6.82. The third-order valence-electron chi connectivity index (χ3n) is 6.82. The van der Waals surface area contributed by atoms with Crippen LogP contribution >= 0.6 is 0 Å². The van der Waals surface area contributed by atoms with Crippen LogP contribution in [0, 0.1) is 0 Å². The monoisotopic (exact) mass is 404 g/mol. The molecule has 3 heterocycles. The fourth-order valence-electron chi connectivity index (χ4n) is 5.01. The molecule has 0 bridgehead atoms. The molecule has 3 N–H and O–H groups in total. The number of nitrogens with one attached hydrogen (secondary N) is 1. The van der Waals surface area contributed by atoms with Crippen molar-refractivity contribution in [3.05, 3.63) is 30.3 Å². The first-order valence-electron chi connectivity index (χ1n) is 11.1. The minimum Gasteiger partial charge on any atom is -0.394 e. The summed E-state index contributed by atoms with van der Waals surface area (Å²) in [7, 11) is 2.17. The highest BCUT2D eigenvalue weighted by atomic mass is 16.5. The van der Waals surface area contributed by atoms with Crippen molar-refractivity contribution in [3.8, 4) is 0 Å². The van der Waals surface area contributed by atoms with Crippen LogP contribution < -0.4 is 10.2 Å². The highest BCUT2D eigenvalue weighted by molar-refractivity contribution is 5.46. The van der Waals surface area contributed by atoms with Crippen LogP contribution in [-0.4, -0.2) is 110 Å². The van der Waals surface area contributed by atoms with E-state index in [4.69, 9.17) is 4.74 Å². The number of benzene rings is 1. The van der Waals surface area contributed by atoms with Gasteiger partial charge in [-0.05, 0) is 45.1 Å². The first-order valence-corrected chi connectivity index (χ1v) is 11.1. The second-order valence-electron chi connectivity index (χ2n) is 8.72. The van der Waals surface area contributed by atoms with Gasteiger partial charge in [-0.15, -0.1) is 0 Å². The maximum absolute atomic E-state index is 10.9. The fraction of sp³-hybridized carbons (Fsp3) is 0.727. The Morgan fingerprint density at radius 3 is 2.34 bits per heavy atom. The van der Waals surface area contributed by atoms with Crippen molar-refractivity contribution < 1.29 is 14.9 Å². The van der Waals surface area contributed by atoms with Gasteiger partial charge in [-0.1, -0.05) is 18.2 Å². The molecule has 0 spiro atoms. The van der Waals surface area contributed by atoms with E-state index >= 15 is 0 Å². The minimum atomic E-state index is -0.646. The Morgan fingerprint density at radius 1 is 1.00 bits per heavy atom. The standard InChI is InChI=1S/C22H36N4O3/c1-24-9-7-17(8-10-24)23-15-19-21(22(28)20(16-27)29-19)26-13-11-25(12-14-26)18-5-3-2-4-6-18/h2-6,17,19-23,27-28H,7-16H2,1H3/t19-,20+,21+,22-/m1/s1. The molecule has 0 aliphatic carbocycles. The van der Waals surface area contributed by atoms with Crippen molar-refractivity contribution in [1.82, 2.24) is 15.1 Å². The van der Waals surface area contributed by atoms with Gasteiger partial charge in [0.15, 0.2) is 0 Å². The largest absolute Gasteiger partial charge is 0.394 e. The Morgan fingerprint density at radius 2 is 1.69 bits per heavy atom. The smallest absolute Gasteiger partial charge is 0.109 e. The number of hydrogen-bond donors (Lipinski definition) is 3. The first-order chi connectivity index (χ1) is 14.2. The molecular weight excluding hydrogens is 368 g/mol. The lowest BCUT2D eigenvalue weighted by Crippen LogP contribution is -2.58. The Balaban J connectivity index is 1.34. The topological polar surface area (TPSA) is 71.4 Å². The molecule has 3 aliphatic rings. The molecule has 0 unspecified atom stereocenters. The molecule has 4 atom stereocenters. The second-order valence-corrected chi connectivity index (χ2v) is 8.72. The molecule has 1 aromatic rings. The first kappa shape index (κ1) is 21.0. The number of rotatable bonds is 6. The van der Waals surface area contributed by atoms with E-state index in [1.165, 1.54) is 5.69 Å².